The number of hydrogen-bond acceptors (Lipinski definition) is 4. The number of hydrogen-bond donors (Lipinski definition) is 0. The van der Waals surface area contributed by atoms with E-state index in [0.717, 1.165) is 0 Å². The Morgan fingerprint density at radius 2 is 1.84 bits per heavy atom. The predicted molar refractivity (Wildman–Crippen MR) is 114 cm³/mol. The Bertz CT molecular complexity index is 1150. The SMILES string of the molecule is CCN(CC)C(=O)Cc1nnc2n1-c1ccc(Cl)cc1C=NC2c1c(F)cccc1F. The number of rotatable bonds is 5. The Morgan fingerprint density at radius 1 is 1.13 bits per heavy atom. The van der Waals surface area contributed by atoms with Gasteiger partial charge in [0.1, 0.15) is 23.5 Å². The molecule has 6 nitrogen and oxygen atoms in total. The Morgan fingerprint density at radius 3 is 2.52 bits per heavy atom. The van der Waals surface area contributed by atoms with Crippen LogP contribution in [0.25, 0.3) is 5.69 Å². The molecule has 2 aromatic carbocycles. The first kappa shape index (κ1) is 21.1. The lowest BCUT2D eigenvalue weighted by atomic mass is 10.1. The number of carbonyl (C=O) groups is 1. The van der Waals surface area contributed by atoms with Crippen molar-refractivity contribution in [1.29, 1.82) is 0 Å². The smallest absolute Gasteiger partial charge is 0.230 e. The minimum atomic E-state index is -1.07. The summed E-state index contributed by atoms with van der Waals surface area (Å²) in [6.45, 7) is 4.92. The van der Waals surface area contributed by atoms with Crippen LogP contribution in [0.3, 0.4) is 0 Å². The highest BCUT2D eigenvalue weighted by molar-refractivity contribution is 6.31. The summed E-state index contributed by atoms with van der Waals surface area (Å²) in [6, 6.07) is 7.71. The number of nitrogens with zero attached hydrogens (tertiary/aromatic N) is 5. The van der Waals surface area contributed by atoms with Crippen LogP contribution in [-0.4, -0.2) is 44.9 Å². The number of aromatic nitrogens is 3. The lowest BCUT2D eigenvalue weighted by Gasteiger charge is -2.19. The molecule has 0 bridgehead atoms. The third-order valence-electron chi connectivity index (χ3n) is 5.29. The van der Waals surface area contributed by atoms with Crippen LogP contribution in [0.5, 0.6) is 0 Å². The van der Waals surface area contributed by atoms with Gasteiger partial charge in [0, 0.05) is 29.9 Å². The summed E-state index contributed by atoms with van der Waals surface area (Å²) < 4.78 is 30.9. The molecule has 4 rings (SSSR count). The summed E-state index contributed by atoms with van der Waals surface area (Å²) in [6.07, 6.45) is 1.51. The summed E-state index contributed by atoms with van der Waals surface area (Å²) in [5, 5.41) is 8.89. The summed E-state index contributed by atoms with van der Waals surface area (Å²) in [5.41, 5.74) is 1.03. The molecule has 0 aliphatic carbocycles. The van der Waals surface area contributed by atoms with E-state index in [1.54, 1.807) is 27.7 Å². The molecular weight excluding hydrogens is 424 g/mol. The number of amides is 1. The maximum Gasteiger partial charge on any atom is 0.230 e. The van der Waals surface area contributed by atoms with E-state index in [9.17, 15) is 13.6 Å². The van der Waals surface area contributed by atoms with Crippen molar-refractivity contribution < 1.29 is 13.6 Å². The van der Waals surface area contributed by atoms with Crippen molar-refractivity contribution in [2.24, 2.45) is 4.99 Å². The Labute approximate surface area is 183 Å². The Hall–Kier alpha value is -3.13. The molecule has 2 heterocycles. The third kappa shape index (κ3) is 3.83. The van der Waals surface area contributed by atoms with Gasteiger partial charge >= 0.3 is 0 Å². The molecule has 0 N–H and O–H groups in total. The molecule has 160 valence electrons. The van der Waals surface area contributed by atoms with Crippen molar-refractivity contribution in [1.82, 2.24) is 19.7 Å². The zero-order valence-corrected chi connectivity index (χ0v) is 17.8. The molecule has 3 aromatic rings. The number of halogens is 3. The second kappa shape index (κ2) is 8.55. The van der Waals surface area contributed by atoms with Crippen LogP contribution >= 0.6 is 11.6 Å². The van der Waals surface area contributed by atoms with Crippen molar-refractivity contribution in [2.75, 3.05) is 13.1 Å². The van der Waals surface area contributed by atoms with Crippen molar-refractivity contribution in [3.63, 3.8) is 0 Å². The minimum absolute atomic E-state index is 0.0107. The van der Waals surface area contributed by atoms with Crippen LogP contribution in [0.2, 0.25) is 5.02 Å². The second-order valence-electron chi connectivity index (χ2n) is 7.07. The highest BCUT2D eigenvalue weighted by Crippen LogP contribution is 2.34. The van der Waals surface area contributed by atoms with E-state index in [-0.39, 0.29) is 23.7 Å². The van der Waals surface area contributed by atoms with E-state index < -0.39 is 17.7 Å². The normalized spacial score (nSPS) is 14.7. The first-order valence-electron chi connectivity index (χ1n) is 9.93. The third-order valence-corrected chi connectivity index (χ3v) is 5.53. The Kier molecular flexibility index (Phi) is 5.82. The van der Waals surface area contributed by atoms with Gasteiger partial charge in [-0.2, -0.15) is 0 Å². The van der Waals surface area contributed by atoms with Gasteiger partial charge < -0.3 is 4.90 Å². The molecular formula is C22H20ClF2N5O. The molecule has 0 fully saturated rings. The molecule has 1 unspecified atom stereocenters. The summed E-state index contributed by atoms with van der Waals surface area (Å²) in [5.74, 6) is -0.996. The maximum atomic E-state index is 14.6. The quantitative estimate of drug-likeness (QED) is 0.595. The van der Waals surface area contributed by atoms with Crippen molar-refractivity contribution in [2.45, 2.75) is 26.3 Å². The average Bonchev–Trinajstić information content (AvgIpc) is 3.06. The minimum Gasteiger partial charge on any atom is -0.343 e. The van der Waals surface area contributed by atoms with Gasteiger partial charge in [0.2, 0.25) is 5.91 Å². The van der Waals surface area contributed by atoms with E-state index >= 15 is 0 Å². The number of benzene rings is 2. The standard InChI is InChI=1S/C22H20ClF2N5O/c1-3-29(4-2)19(31)11-18-27-28-22-21(20-15(24)6-5-7-16(20)25)26-12-13-10-14(23)8-9-17(13)30(18)22/h5-10,12,21H,3-4,11H2,1-2H3. The van der Waals surface area contributed by atoms with Crippen LogP contribution in [0, 0.1) is 11.6 Å². The molecule has 0 spiro atoms. The summed E-state index contributed by atoms with van der Waals surface area (Å²) >= 11 is 6.16. The fraction of sp³-hybridized carbons (Fsp3) is 0.273. The van der Waals surface area contributed by atoms with E-state index in [1.807, 2.05) is 13.8 Å². The Balaban J connectivity index is 1.90. The lowest BCUT2D eigenvalue weighted by molar-refractivity contribution is -0.130. The molecule has 1 atom stereocenters. The van der Waals surface area contributed by atoms with Crippen molar-refractivity contribution in [3.05, 3.63) is 75.8 Å². The lowest BCUT2D eigenvalue weighted by Crippen LogP contribution is -2.32. The summed E-state index contributed by atoms with van der Waals surface area (Å²) in [4.78, 5) is 18.8. The molecule has 1 aromatic heterocycles. The molecule has 1 aliphatic heterocycles. The van der Waals surface area contributed by atoms with Crippen molar-refractivity contribution >= 4 is 23.7 Å². The highest BCUT2D eigenvalue weighted by atomic mass is 35.5. The predicted octanol–water partition coefficient (Wildman–Crippen LogP) is 4.13. The molecule has 9 heteroatoms. The first-order valence-corrected chi connectivity index (χ1v) is 10.3. The zero-order chi connectivity index (χ0) is 22.1. The highest BCUT2D eigenvalue weighted by Gasteiger charge is 2.31. The van der Waals surface area contributed by atoms with Gasteiger partial charge in [-0.05, 0) is 44.2 Å². The molecule has 1 amide bonds. The fourth-order valence-electron chi connectivity index (χ4n) is 3.74. The fourth-order valence-corrected chi connectivity index (χ4v) is 3.92. The molecule has 0 radical (unpaired) electrons. The van der Waals surface area contributed by atoms with Gasteiger partial charge in [-0.1, -0.05) is 17.7 Å². The van der Waals surface area contributed by atoms with Crippen LogP contribution < -0.4 is 0 Å². The molecule has 31 heavy (non-hydrogen) atoms. The van der Waals surface area contributed by atoms with E-state index in [1.165, 1.54) is 24.4 Å². The molecule has 0 saturated heterocycles. The van der Waals surface area contributed by atoms with Crippen LogP contribution in [0.4, 0.5) is 8.78 Å². The number of carbonyl (C=O) groups excluding carboxylic acids is 1. The van der Waals surface area contributed by atoms with Crippen LogP contribution in [-0.2, 0) is 11.2 Å². The van der Waals surface area contributed by atoms with Gasteiger partial charge in [0.05, 0.1) is 17.7 Å². The van der Waals surface area contributed by atoms with Crippen LogP contribution in [0.15, 0.2) is 41.4 Å². The van der Waals surface area contributed by atoms with Gasteiger partial charge in [-0.15, -0.1) is 10.2 Å². The number of likely N-dealkylation sites (N-methyl/N-ethyl adjacent to an activating group) is 1. The molecule has 0 saturated carbocycles. The number of fused-ring (bicyclic) bond motifs is 3. The average molecular weight is 444 g/mol. The maximum absolute atomic E-state index is 14.6. The zero-order valence-electron chi connectivity index (χ0n) is 17.0. The first-order chi connectivity index (χ1) is 14.9. The second-order valence-corrected chi connectivity index (χ2v) is 7.51. The van der Waals surface area contributed by atoms with E-state index in [4.69, 9.17) is 11.6 Å². The van der Waals surface area contributed by atoms with E-state index in [2.05, 4.69) is 15.2 Å². The monoisotopic (exact) mass is 443 g/mol. The molecule has 1 aliphatic rings. The number of aliphatic imine (C=N–C) groups is 1. The van der Waals surface area contributed by atoms with E-state index in [0.29, 0.717) is 35.2 Å². The van der Waals surface area contributed by atoms with Crippen LogP contribution in [0.1, 0.15) is 42.7 Å². The van der Waals surface area contributed by atoms with Gasteiger partial charge in [0.25, 0.3) is 0 Å². The van der Waals surface area contributed by atoms with Crippen molar-refractivity contribution in [3.8, 4) is 5.69 Å². The largest absolute Gasteiger partial charge is 0.343 e. The topological polar surface area (TPSA) is 63.4 Å². The van der Waals surface area contributed by atoms with Gasteiger partial charge in [-0.3, -0.25) is 14.4 Å². The van der Waals surface area contributed by atoms with Gasteiger partial charge in [0.15, 0.2) is 5.82 Å². The van der Waals surface area contributed by atoms with Gasteiger partial charge in [-0.25, -0.2) is 8.78 Å². The summed E-state index contributed by atoms with van der Waals surface area (Å²) in [7, 11) is 0.